The average molecular weight is 455 g/mol. The van der Waals surface area contributed by atoms with E-state index in [2.05, 4.69) is 15.6 Å². The van der Waals surface area contributed by atoms with Crippen LogP contribution in [0.1, 0.15) is 34.3 Å². The van der Waals surface area contributed by atoms with Gasteiger partial charge in [-0.3, -0.25) is 19.7 Å². The monoisotopic (exact) mass is 455 g/mol. The molecular formula is C22H16F3N5O3. The molecule has 1 aromatic heterocycles. The summed E-state index contributed by atoms with van der Waals surface area (Å²) in [7, 11) is 0. The Kier molecular flexibility index (Phi) is 4.76. The van der Waals surface area contributed by atoms with Crippen molar-refractivity contribution in [3.05, 3.63) is 65.4 Å². The maximum absolute atomic E-state index is 13.0. The van der Waals surface area contributed by atoms with Gasteiger partial charge in [-0.2, -0.15) is 13.2 Å². The SMILES string of the molecule is O=C1CCC(N2Cc3ccc(-n4cc(-c5cccc(C(F)(F)F)c5)nn4)cc3C2=O)C(=O)N1. The fraction of sp³-hybridized carbons (Fsp3) is 0.227. The van der Waals surface area contributed by atoms with E-state index < -0.39 is 23.7 Å². The number of fused-ring (bicyclic) bond motifs is 1. The van der Waals surface area contributed by atoms with Crippen LogP contribution in [0.2, 0.25) is 0 Å². The fourth-order valence-electron chi connectivity index (χ4n) is 4.06. The number of rotatable bonds is 3. The standard InChI is InChI=1S/C22H16F3N5O3/c23-22(24,25)14-3-1-2-12(8-14)17-11-30(28-27-17)15-5-4-13-10-29(21(33)16(13)9-15)18-6-7-19(31)26-20(18)32/h1-5,8-9,11,18H,6-7,10H2,(H,26,31,32). The lowest BCUT2D eigenvalue weighted by atomic mass is 10.0. The third kappa shape index (κ3) is 3.75. The van der Waals surface area contributed by atoms with Crippen LogP contribution in [0.4, 0.5) is 13.2 Å². The Morgan fingerprint density at radius 1 is 1.06 bits per heavy atom. The summed E-state index contributed by atoms with van der Waals surface area (Å²) in [6, 6.07) is 9.12. The summed E-state index contributed by atoms with van der Waals surface area (Å²) in [4.78, 5) is 38.0. The van der Waals surface area contributed by atoms with Crippen LogP contribution >= 0.6 is 0 Å². The van der Waals surface area contributed by atoms with Crippen molar-refractivity contribution >= 4 is 17.7 Å². The predicted octanol–water partition coefficient (Wildman–Crippen LogP) is 2.71. The quantitative estimate of drug-likeness (QED) is 0.613. The molecule has 1 saturated heterocycles. The lowest BCUT2D eigenvalue weighted by molar-refractivity contribution is -0.138. The van der Waals surface area contributed by atoms with E-state index in [1.807, 2.05) is 0 Å². The molecule has 5 rings (SSSR count). The molecule has 1 fully saturated rings. The second-order valence-electron chi connectivity index (χ2n) is 7.87. The van der Waals surface area contributed by atoms with Crippen molar-refractivity contribution in [2.75, 3.05) is 0 Å². The van der Waals surface area contributed by atoms with Gasteiger partial charge in [-0.25, -0.2) is 4.68 Å². The van der Waals surface area contributed by atoms with Gasteiger partial charge in [0.2, 0.25) is 11.8 Å². The number of hydrogen-bond acceptors (Lipinski definition) is 5. The first-order valence-corrected chi connectivity index (χ1v) is 10.1. The van der Waals surface area contributed by atoms with Crippen LogP contribution in [-0.4, -0.2) is 43.7 Å². The number of benzene rings is 2. The van der Waals surface area contributed by atoms with Crippen LogP contribution in [0.25, 0.3) is 16.9 Å². The molecule has 3 heterocycles. The first-order valence-electron chi connectivity index (χ1n) is 10.1. The molecule has 0 radical (unpaired) electrons. The third-order valence-electron chi connectivity index (χ3n) is 5.76. The van der Waals surface area contributed by atoms with E-state index in [1.54, 1.807) is 18.2 Å². The molecule has 2 aromatic carbocycles. The molecule has 2 aliphatic rings. The van der Waals surface area contributed by atoms with Crippen molar-refractivity contribution in [1.29, 1.82) is 0 Å². The first kappa shape index (κ1) is 20.9. The number of amides is 3. The van der Waals surface area contributed by atoms with Crippen molar-refractivity contribution in [2.24, 2.45) is 0 Å². The third-order valence-corrected chi connectivity index (χ3v) is 5.76. The molecule has 3 amide bonds. The Morgan fingerprint density at radius 3 is 2.64 bits per heavy atom. The Balaban J connectivity index is 1.40. The van der Waals surface area contributed by atoms with E-state index in [-0.39, 0.29) is 42.5 Å². The number of hydrogen-bond donors (Lipinski definition) is 1. The van der Waals surface area contributed by atoms with Gasteiger partial charge in [0.1, 0.15) is 11.7 Å². The number of nitrogens with one attached hydrogen (secondary N) is 1. The topological polar surface area (TPSA) is 97.2 Å². The second-order valence-corrected chi connectivity index (χ2v) is 7.87. The average Bonchev–Trinajstić information content (AvgIpc) is 3.39. The van der Waals surface area contributed by atoms with Crippen LogP contribution in [0.5, 0.6) is 0 Å². The number of nitrogens with zero attached hydrogens (tertiary/aromatic N) is 4. The van der Waals surface area contributed by atoms with Crippen molar-refractivity contribution in [3.8, 4) is 16.9 Å². The minimum absolute atomic E-state index is 0.166. The van der Waals surface area contributed by atoms with Crippen molar-refractivity contribution in [1.82, 2.24) is 25.2 Å². The summed E-state index contributed by atoms with van der Waals surface area (Å²) >= 11 is 0. The van der Waals surface area contributed by atoms with Crippen molar-refractivity contribution in [3.63, 3.8) is 0 Å². The second kappa shape index (κ2) is 7.54. The molecule has 3 aromatic rings. The van der Waals surface area contributed by atoms with E-state index in [9.17, 15) is 27.6 Å². The Labute approximate surface area is 185 Å². The Morgan fingerprint density at radius 2 is 1.88 bits per heavy atom. The van der Waals surface area contributed by atoms with Gasteiger partial charge in [-0.1, -0.05) is 23.4 Å². The van der Waals surface area contributed by atoms with Crippen LogP contribution in [0.3, 0.4) is 0 Å². The molecule has 0 aliphatic carbocycles. The maximum Gasteiger partial charge on any atom is 0.416 e. The predicted molar refractivity (Wildman–Crippen MR) is 108 cm³/mol. The number of imide groups is 1. The van der Waals surface area contributed by atoms with Gasteiger partial charge in [0.15, 0.2) is 0 Å². The van der Waals surface area contributed by atoms with Gasteiger partial charge in [0.25, 0.3) is 5.91 Å². The largest absolute Gasteiger partial charge is 0.416 e. The van der Waals surface area contributed by atoms with E-state index in [0.717, 1.165) is 17.7 Å². The normalized spacial score (nSPS) is 18.5. The van der Waals surface area contributed by atoms with E-state index in [0.29, 0.717) is 11.3 Å². The Hall–Kier alpha value is -4.02. The van der Waals surface area contributed by atoms with Gasteiger partial charge >= 0.3 is 6.18 Å². The highest BCUT2D eigenvalue weighted by Crippen LogP contribution is 2.32. The van der Waals surface area contributed by atoms with Crippen LogP contribution < -0.4 is 5.32 Å². The minimum Gasteiger partial charge on any atom is -0.322 e. The smallest absolute Gasteiger partial charge is 0.322 e. The van der Waals surface area contributed by atoms with Crippen LogP contribution in [-0.2, 0) is 22.3 Å². The zero-order chi connectivity index (χ0) is 23.3. The number of aromatic nitrogens is 3. The maximum atomic E-state index is 13.0. The highest BCUT2D eigenvalue weighted by molar-refractivity contribution is 6.05. The highest BCUT2D eigenvalue weighted by atomic mass is 19.4. The van der Waals surface area contributed by atoms with Crippen molar-refractivity contribution < 1.29 is 27.6 Å². The highest BCUT2D eigenvalue weighted by Gasteiger charge is 2.39. The molecule has 168 valence electrons. The number of halogens is 3. The van der Waals surface area contributed by atoms with Gasteiger partial charge in [-0.15, -0.1) is 5.10 Å². The zero-order valence-electron chi connectivity index (χ0n) is 17.0. The molecule has 2 aliphatic heterocycles. The molecule has 11 heteroatoms. The number of piperidine rings is 1. The van der Waals surface area contributed by atoms with Gasteiger partial charge in [0, 0.05) is 24.1 Å². The molecule has 33 heavy (non-hydrogen) atoms. The molecule has 0 bridgehead atoms. The summed E-state index contributed by atoms with van der Waals surface area (Å²) in [6.45, 7) is 0.244. The fourth-order valence-corrected chi connectivity index (χ4v) is 4.06. The lowest BCUT2D eigenvalue weighted by Gasteiger charge is -2.29. The molecule has 1 N–H and O–H groups in total. The molecule has 0 saturated carbocycles. The summed E-state index contributed by atoms with van der Waals surface area (Å²) in [6.07, 6.45) is -2.56. The van der Waals surface area contributed by atoms with Gasteiger partial charge in [-0.05, 0) is 36.2 Å². The molecular weight excluding hydrogens is 439 g/mol. The van der Waals surface area contributed by atoms with Crippen molar-refractivity contribution in [2.45, 2.75) is 31.6 Å². The molecule has 0 spiro atoms. The molecule has 8 nitrogen and oxygen atoms in total. The van der Waals surface area contributed by atoms with Crippen LogP contribution in [0, 0.1) is 0 Å². The van der Waals surface area contributed by atoms with Crippen LogP contribution in [0.15, 0.2) is 48.7 Å². The van der Waals surface area contributed by atoms with E-state index >= 15 is 0 Å². The molecule has 1 unspecified atom stereocenters. The van der Waals surface area contributed by atoms with Gasteiger partial charge in [0.05, 0.1) is 17.4 Å². The lowest BCUT2D eigenvalue weighted by Crippen LogP contribution is -2.52. The minimum atomic E-state index is -4.47. The zero-order valence-corrected chi connectivity index (χ0v) is 17.0. The van der Waals surface area contributed by atoms with E-state index in [1.165, 1.54) is 27.9 Å². The summed E-state index contributed by atoms with van der Waals surface area (Å²) in [5.74, 6) is -1.18. The number of carbonyl (C=O) groups is 3. The molecule has 1 atom stereocenters. The summed E-state index contributed by atoms with van der Waals surface area (Å²) in [5.41, 5.74) is 1.35. The summed E-state index contributed by atoms with van der Waals surface area (Å²) < 4.78 is 40.4. The first-order chi connectivity index (χ1) is 15.7. The Bertz CT molecular complexity index is 1300. The van der Waals surface area contributed by atoms with E-state index in [4.69, 9.17) is 0 Å². The summed E-state index contributed by atoms with van der Waals surface area (Å²) in [5, 5.41) is 10.2. The number of carbonyl (C=O) groups excluding carboxylic acids is 3. The van der Waals surface area contributed by atoms with Gasteiger partial charge < -0.3 is 4.90 Å². The number of alkyl halides is 3.